The number of benzene rings is 1. The van der Waals surface area contributed by atoms with Crippen molar-refractivity contribution < 1.29 is 23.9 Å². The molecule has 3 amide bonds. The third-order valence-corrected chi connectivity index (χ3v) is 6.41. The van der Waals surface area contributed by atoms with Crippen LogP contribution in [0.2, 0.25) is 0 Å². The van der Waals surface area contributed by atoms with Gasteiger partial charge >= 0.3 is 0 Å². The Bertz CT molecular complexity index is 1030. The van der Waals surface area contributed by atoms with Gasteiger partial charge in [-0.3, -0.25) is 14.4 Å². The Hall–Kier alpha value is -3.73. The molecule has 3 rings (SSSR count). The lowest BCUT2D eigenvalue weighted by atomic mass is 10.1. The number of allylic oxidation sites excluding steroid dienone is 1. The van der Waals surface area contributed by atoms with Crippen molar-refractivity contribution in [1.29, 1.82) is 0 Å². The zero-order valence-electron chi connectivity index (χ0n) is 25.0. The zero-order chi connectivity index (χ0) is 30.9. The average molecular weight is 590 g/mol. The van der Waals surface area contributed by atoms with Gasteiger partial charge in [-0.1, -0.05) is 51.0 Å². The first-order chi connectivity index (χ1) is 19.8. The van der Waals surface area contributed by atoms with E-state index < -0.39 is 0 Å². The van der Waals surface area contributed by atoms with Gasteiger partial charge in [-0.25, -0.2) is 4.98 Å². The summed E-state index contributed by atoms with van der Waals surface area (Å²) in [6, 6.07) is 7.39. The molecule has 0 fully saturated rings. The lowest BCUT2D eigenvalue weighted by molar-refractivity contribution is -0.122. The fraction of sp³-hybridized carbons (Fsp3) is 0.500. The van der Waals surface area contributed by atoms with Gasteiger partial charge in [-0.2, -0.15) is 0 Å². The number of nitrogens with zero attached hydrogens (tertiary/aromatic N) is 1. The summed E-state index contributed by atoms with van der Waals surface area (Å²) in [5.74, 6) is 0.619. The maximum atomic E-state index is 11.4. The number of thiazole rings is 1. The van der Waals surface area contributed by atoms with E-state index in [1.165, 1.54) is 23.3 Å². The molecule has 1 aromatic heterocycles. The van der Waals surface area contributed by atoms with E-state index in [4.69, 9.17) is 10.5 Å². The number of aryl methyl sites for hydroxylation is 1. The largest absolute Gasteiger partial charge is 0.497 e. The quantitative estimate of drug-likeness (QED) is 0.204. The van der Waals surface area contributed by atoms with E-state index in [9.17, 15) is 19.2 Å². The van der Waals surface area contributed by atoms with Gasteiger partial charge in [0.2, 0.25) is 18.7 Å². The Morgan fingerprint density at radius 2 is 1.80 bits per heavy atom. The van der Waals surface area contributed by atoms with Crippen molar-refractivity contribution in [3.63, 3.8) is 0 Å². The molecule has 0 saturated carbocycles. The predicted molar refractivity (Wildman–Crippen MR) is 166 cm³/mol. The van der Waals surface area contributed by atoms with Gasteiger partial charge in [0.15, 0.2) is 5.13 Å². The average Bonchev–Trinajstić information content (AvgIpc) is 3.64. The van der Waals surface area contributed by atoms with E-state index >= 15 is 0 Å². The predicted octanol–water partition coefficient (Wildman–Crippen LogP) is 3.99. The Morgan fingerprint density at radius 1 is 1.12 bits per heavy atom. The molecule has 1 heterocycles. The number of anilines is 1. The summed E-state index contributed by atoms with van der Waals surface area (Å²) in [6.45, 7) is 8.27. The number of nitrogens with two attached hydrogens (primary N) is 1. The standard InChI is InChI=1S/C13H18N2O3.C9H13NO2.C5H8N2S.C3H8/c1-10(15-13(17)8-14-9-16)7-11-3-5-12(18-2)6-4-11;11-6-9(10-7-12)5-8-3-1-2-4-8;1-2-4-3-7-5(6)8-4;1-3-2/h3-6,9-10H,7-8H2,1-2H3,(H,14,16)(H,15,17);3,6-7,9H,1-2,4-5H2,(H,10,12);3H,2H2,1H3,(H2,6,7);3H2,1-2H3/t10-;9-;;/m10../s1. The van der Waals surface area contributed by atoms with Gasteiger partial charge < -0.3 is 31.2 Å². The molecular weight excluding hydrogens is 542 g/mol. The smallest absolute Gasteiger partial charge is 0.239 e. The first-order valence-electron chi connectivity index (χ1n) is 13.9. The SMILES string of the molecule is CCC.CCc1cnc(N)s1.COc1ccc(C[C@@H](C)NC(=O)CNC=O)cc1.O=CN[C@H](C=O)CC1=CCCC1. The van der Waals surface area contributed by atoms with Crippen molar-refractivity contribution in [1.82, 2.24) is 20.9 Å². The zero-order valence-corrected chi connectivity index (χ0v) is 25.8. The summed E-state index contributed by atoms with van der Waals surface area (Å²) in [5, 5.41) is 8.26. The van der Waals surface area contributed by atoms with Crippen LogP contribution >= 0.6 is 11.3 Å². The van der Waals surface area contributed by atoms with Crippen LogP contribution in [0.3, 0.4) is 0 Å². The molecule has 2 atom stereocenters. The number of rotatable bonds is 13. The molecule has 10 nitrogen and oxygen atoms in total. The Balaban J connectivity index is 0.000000597. The molecule has 1 aromatic carbocycles. The first-order valence-corrected chi connectivity index (χ1v) is 14.7. The fourth-order valence-electron chi connectivity index (χ4n) is 3.55. The second-order valence-corrected chi connectivity index (χ2v) is 10.4. The van der Waals surface area contributed by atoms with E-state index in [1.807, 2.05) is 37.4 Å². The summed E-state index contributed by atoms with van der Waals surface area (Å²) in [5.41, 5.74) is 7.77. The molecule has 0 spiro atoms. The van der Waals surface area contributed by atoms with Gasteiger partial charge in [0.25, 0.3) is 0 Å². The first kappa shape index (κ1) is 37.3. The van der Waals surface area contributed by atoms with Gasteiger partial charge in [0, 0.05) is 17.1 Å². The molecule has 0 radical (unpaired) electrons. The van der Waals surface area contributed by atoms with Crippen molar-refractivity contribution in [3.05, 3.63) is 52.6 Å². The number of hydrogen-bond donors (Lipinski definition) is 4. The molecule has 0 saturated heterocycles. The highest BCUT2D eigenvalue weighted by Gasteiger charge is 2.11. The van der Waals surface area contributed by atoms with Crippen LogP contribution in [0, 0.1) is 0 Å². The van der Waals surface area contributed by atoms with Gasteiger partial charge in [0.1, 0.15) is 12.0 Å². The summed E-state index contributed by atoms with van der Waals surface area (Å²) in [6.07, 6.45) is 12.9. The molecular formula is C30H47N5O5S. The maximum absolute atomic E-state index is 11.4. The summed E-state index contributed by atoms with van der Waals surface area (Å²) in [7, 11) is 1.62. The lowest BCUT2D eigenvalue weighted by Crippen LogP contribution is -2.39. The minimum Gasteiger partial charge on any atom is -0.497 e. The number of nitrogen functional groups attached to an aromatic ring is 1. The van der Waals surface area contributed by atoms with E-state index in [0.717, 1.165) is 43.3 Å². The third kappa shape index (κ3) is 19.1. The number of amides is 3. The number of nitrogens with one attached hydrogen (secondary N) is 3. The van der Waals surface area contributed by atoms with Crippen LogP contribution in [0.5, 0.6) is 5.75 Å². The lowest BCUT2D eigenvalue weighted by Gasteiger charge is -2.14. The van der Waals surface area contributed by atoms with Gasteiger partial charge in [0.05, 0.1) is 19.7 Å². The molecule has 41 heavy (non-hydrogen) atoms. The fourth-order valence-corrected chi connectivity index (χ4v) is 4.18. The minimum absolute atomic E-state index is 0.0104. The summed E-state index contributed by atoms with van der Waals surface area (Å²) in [4.78, 5) is 47.0. The number of carbonyl (C=O) groups is 4. The molecule has 0 unspecified atom stereocenters. The van der Waals surface area contributed by atoms with Gasteiger partial charge in [-0.05, 0) is 63.1 Å². The van der Waals surface area contributed by atoms with Crippen LogP contribution in [0.15, 0.2) is 42.1 Å². The normalized spacial score (nSPS) is 12.7. The van der Waals surface area contributed by atoms with Crippen molar-refractivity contribution in [2.45, 2.75) is 84.7 Å². The molecule has 1 aliphatic rings. The van der Waals surface area contributed by atoms with Crippen molar-refractivity contribution in [2.24, 2.45) is 0 Å². The van der Waals surface area contributed by atoms with Crippen molar-refractivity contribution in [2.75, 3.05) is 19.4 Å². The Labute approximate surface area is 248 Å². The highest BCUT2D eigenvalue weighted by molar-refractivity contribution is 7.15. The van der Waals surface area contributed by atoms with Crippen LogP contribution in [0.4, 0.5) is 5.13 Å². The second kappa shape index (κ2) is 24.1. The van der Waals surface area contributed by atoms with Crippen LogP contribution < -0.4 is 26.4 Å². The Kier molecular flexibility index (Phi) is 21.9. The second-order valence-electron chi connectivity index (χ2n) is 9.23. The van der Waals surface area contributed by atoms with Crippen LogP contribution in [-0.2, 0) is 32.0 Å². The van der Waals surface area contributed by atoms with Gasteiger partial charge in [-0.15, -0.1) is 11.3 Å². The van der Waals surface area contributed by atoms with E-state index in [2.05, 4.69) is 47.8 Å². The van der Waals surface area contributed by atoms with Crippen LogP contribution in [-0.4, -0.2) is 55.7 Å². The van der Waals surface area contributed by atoms with Crippen LogP contribution in [0.1, 0.15) is 70.2 Å². The highest BCUT2D eigenvalue weighted by atomic mass is 32.1. The highest BCUT2D eigenvalue weighted by Crippen LogP contribution is 2.21. The molecule has 0 aliphatic heterocycles. The monoisotopic (exact) mass is 589 g/mol. The minimum atomic E-state index is -0.327. The van der Waals surface area contributed by atoms with Crippen molar-refractivity contribution >= 4 is 41.5 Å². The number of hydrogen-bond acceptors (Lipinski definition) is 8. The topological polar surface area (TPSA) is 153 Å². The summed E-state index contributed by atoms with van der Waals surface area (Å²) < 4.78 is 5.07. The number of aromatic nitrogens is 1. The third-order valence-electron chi connectivity index (χ3n) is 5.44. The number of ether oxygens (including phenoxy) is 1. The molecule has 1 aliphatic carbocycles. The number of methoxy groups -OCH3 is 1. The van der Waals surface area contributed by atoms with E-state index in [-0.39, 0.29) is 24.5 Å². The molecule has 228 valence electrons. The molecule has 11 heteroatoms. The van der Waals surface area contributed by atoms with Crippen LogP contribution in [0.25, 0.3) is 0 Å². The van der Waals surface area contributed by atoms with E-state index in [1.54, 1.807) is 18.4 Å². The molecule has 5 N–H and O–H groups in total. The number of carbonyl (C=O) groups excluding carboxylic acids is 4. The molecule has 2 aromatic rings. The maximum Gasteiger partial charge on any atom is 0.239 e. The summed E-state index contributed by atoms with van der Waals surface area (Å²) >= 11 is 1.55. The number of aldehydes is 1. The van der Waals surface area contributed by atoms with Crippen molar-refractivity contribution in [3.8, 4) is 5.75 Å². The van der Waals surface area contributed by atoms with E-state index in [0.29, 0.717) is 24.4 Å². The Morgan fingerprint density at radius 3 is 2.24 bits per heavy atom. The molecule has 0 bridgehead atoms.